The van der Waals surface area contributed by atoms with Crippen LogP contribution in [-0.4, -0.2) is 37.4 Å². The molecule has 0 aromatic carbocycles. The van der Waals surface area contributed by atoms with Crippen LogP contribution in [0.5, 0.6) is 0 Å². The third-order valence-electron chi connectivity index (χ3n) is 10.2. The largest absolute Gasteiger partial charge is 0.488 e. The molecule has 4 nitrogen and oxygen atoms in total. The summed E-state index contributed by atoms with van der Waals surface area (Å²) in [6.45, 7) is 14.1. The second kappa shape index (κ2) is 4.58. The average molecular weight is 358 g/mol. The van der Waals surface area contributed by atoms with Gasteiger partial charge >= 0.3 is 14.0 Å². The molecule has 0 amide bonds. The Morgan fingerprint density at radius 3 is 1.35 bits per heavy atom. The molecule has 0 aromatic rings. The van der Waals surface area contributed by atoms with Crippen molar-refractivity contribution in [2.75, 3.05) is 0 Å². The first-order valence-corrected chi connectivity index (χ1v) is 10.7. The summed E-state index contributed by atoms with van der Waals surface area (Å²) in [5, 5.41) is 0. The van der Waals surface area contributed by atoms with Gasteiger partial charge in [0.05, 0.1) is 23.4 Å². The number of rotatable bonds is 1. The lowest BCUT2D eigenvalue weighted by Crippen LogP contribution is -2.65. The molecule has 142 valence electrons. The average Bonchev–Trinajstić information content (AvgIpc) is 3.09. The Morgan fingerprint density at radius 1 is 0.615 bits per heavy atom. The molecule has 0 spiro atoms. The summed E-state index contributed by atoms with van der Waals surface area (Å²) in [5.41, 5.74) is 0.357. The fourth-order valence-corrected chi connectivity index (χ4v) is 8.03. The highest BCUT2D eigenvalue weighted by Crippen LogP contribution is 2.67. The molecule has 6 aliphatic carbocycles. The highest BCUT2D eigenvalue weighted by atomic mass is 16.7. The fourth-order valence-electron chi connectivity index (χ4n) is 8.03. The van der Waals surface area contributed by atoms with Crippen molar-refractivity contribution in [3.05, 3.63) is 0 Å². The van der Waals surface area contributed by atoms with E-state index in [1.807, 2.05) is 0 Å². The van der Waals surface area contributed by atoms with Gasteiger partial charge in [0.25, 0.3) is 0 Å². The minimum absolute atomic E-state index is 0.189. The van der Waals surface area contributed by atoms with Gasteiger partial charge in [-0.25, -0.2) is 0 Å². The lowest BCUT2D eigenvalue weighted by atomic mass is 9.43. The van der Waals surface area contributed by atoms with Crippen molar-refractivity contribution < 1.29 is 18.6 Å². The van der Waals surface area contributed by atoms with E-state index in [9.17, 15) is 0 Å². The summed E-state index contributed by atoms with van der Waals surface area (Å²) < 4.78 is 26.1. The predicted molar refractivity (Wildman–Crippen MR) is 100 cm³/mol. The quantitative estimate of drug-likeness (QED) is 0.673. The van der Waals surface area contributed by atoms with Crippen LogP contribution in [0.25, 0.3) is 0 Å². The summed E-state index contributed by atoms with van der Waals surface area (Å²) in [7, 11) is -0.745. The van der Waals surface area contributed by atoms with Gasteiger partial charge in [0.2, 0.25) is 0 Å². The van der Waals surface area contributed by atoms with Crippen LogP contribution in [-0.2, 0) is 18.6 Å². The molecule has 2 aliphatic heterocycles. The first-order chi connectivity index (χ1) is 12.1. The molecule has 26 heavy (non-hydrogen) atoms. The molecular weight excluding hydrogens is 326 g/mol. The van der Waals surface area contributed by atoms with Crippen LogP contribution >= 0.6 is 0 Å². The van der Waals surface area contributed by atoms with E-state index in [0.717, 1.165) is 24.7 Å². The van der Waals surface area contributed by atoms with Crippen LogP contribution in [0.4, 0.5) is 0 Å². The van der Waals surface area contributed by atoms with Crippen molar-refractivity contribution in [2.24, 2.45) is 34.5 Å². The summed E-state index contributed by atoms with van der Waals surface area (Å²) in [4.78, 5) is 0. The summed E-state index contributed by atoms with van der Waals surface area (Å²) in [5.74, 6) is 2.70. The maximum atomic E-state index is 6.60. The van der Waals surface area contributed by atoms with Crippen LogP contribution in [0.3, 0.4) is 0 Å². The van der Waals surface area contributed by atoms with E-state index in [4.69, 9.17) is 18.6 Å². The summed E-state index contributed by atoms with van der Waals surface area (Å²) in [6, 6.07) is 0. The van der Waals surface area contributed by atoms with E-state index in [2.05, 4.69) is 41.5 Å². The van der Waals surface area contributed by atoms with Gasteiger partial charge in [-0.3, -0.25) is 0 Å². The maximum Gasteiger partial charge on any atom is 0.488 e. The van der Waals surface area contributed by atoms with Gasteiger partial charge in [0.1, 0.15) is 0 Å². The Morgan fingerprint density at radius 2 is 1.00 bits per heavy atom. The van der Waals surface area contributed by atoms with E-state index < -0.39 is 0 Å². The van der Waals surface area contributed by atoms with Crippen molar-refractivity contribution in [1.82, 2.24) is 0 Å². The molecule has 8 aliphatic rings. The Bertz CT molecular complexity index is 612. The van der Waals surface area contributed by atoms with Gasteiger partial charge in [-0.15, -0.1) is 0 Å². The van der Waals surface area contributed by atoms with E-state index in [1.54, 1.807) is 0 Å². The Balaban J connectivity index is 1.24. The predicted octanol–water partition coefficient (Wildman–Crippen LogP) is 3.52. The highest BCUT2D eigenvalue weighted by Gasteiger charge is 2.73. The lowest BCUT2D eigenvalue weighted by Gasteiger charge is -2.64. The molecule has 6 unspecified atom stereocenters. The minimum Gasteiger partial charge on any atom is -0.407 e. The monoisotopic (exact) mass is 358 g/mol. The van der Waals surface area contributed by atoms with Gasteiger partial charge in [-0.2, -0.15) is 0 Å². The molecule has 6 heteroatoms. The van der Waals surface area contributed by atoms with E-state index in [0.29, 0.717) is 22.7 Å². The van der Waals surface area contributed by atoms with E-state index in [1.165, 1.54) is 12.8 Å². The van der Waals surface area contributed by atoms with Crippen molar-refractivity contribution in [1.29, 1.82) is 0 Å². The van der Waals surface area contributed by atoms with Crippen LogP contribution in [0, 0.1) is 34.5 Å². The first kappa shape index (κ1) is 16.9. The van der Waals surface area contributed by atoms with Crippen molar-refractivity contribution in [3.63, 3.8) is 0 Å². The van der Waals surface area contributed by atoms with E-state index in [-0.39, 0.29) is 37.4 Å². The fraction of sp³-hybridized carbons (Fsp3) is 1.00. The molecule has 8 atom stereocenters. The standard InChI is InChI=1S/C20H32B2O4/c1-17(2)11-7-13(17)19(5)15(9-11)23-21(25-19)22-24-16-10-12-8-14(18(12,3)4)20(16,6)26-22/h11-16H,7-10H2,1-6H3/t11?,12?,13?,14?,15?,16?,19-,20-/m0/s1. The van der Waals surface area contributed by atoms with Crippen LogP contribution in [0.1, 0.15) is 67.2 Å². The minimum atomic E-state index is -0.372. The van der Waals surface area contributed by atoms with Gasteiger partial charge in [0.15, 0.2) is 0 Å². The summed E-state index contributed by atoms with van der Waals surface area (Å²) >= 11 is 0. The smallest absolute Gasteiger partial charge is 0.407 e. The Kier molecular flexibility index (Phi) is 2.97. The molecule has 0 N–H and O–H groups in total. The lowest BCUT2D eigenvalue weighted by molar-refractivity contribution is -0.200. The second-order valence-corrected chi connectivity index (χ2v) is 11.7. The Labute approximate surface area is 158 Å². The summed E-state index contributed by atoms with van der Waals surface area (Å²) in [6.07, 6.45) is 5.17. The molecule has 8 fully saturated rings. The molecule has 0 radical (unpaired) electrons. The van der Waals surface area contributed by atoms with E-state index >= 15 is 0 Å². The third kappa shape index (κ3) is 1.71. The molecule has 4 bridgehead atoms. The normalized spacial score (nSPS) is 57.9. The molecule has 2 saturated heterocycles. The number of hydrogen-bond donors (Lipinski definition) is 0. The highest BCUT2D eigenvalue weighted by molar-refractivity contribution is 7.11. The molecule has 2 heterocycles. The van der Waals surface area contributed by atoms with Gasteiger partial charge in [-0.05, 0) is 74.0 Å². The molecule has 8 rings (SSSR count). The molecule has 6 saturated carbocycles. The second-order valence-electron chi connectivity index (χ2n) is 11.7. The van der Waals surface area contributed by atoms with Crippen molar-refractivity contribution in [3.8, 4) is 0 Å². The molecular formula is C20H32B2O4. The van der Waals surface area contributed by atoms with Crippen molar-refractivity contribution >= 4 is 14.0 Å². The van der Waals surface area contributed by atoms with Gasteiger partial charge < -0.3 is 18.6 Å². The van der Waals surface area contributed by atoms with Gasteiger partial charge in [-0.1, -0.05) is 27.7 Å². The van der Waals surface area contributed by atoms with Crippen LogP contribution in [0.15, 0.2) is 0 Å². The Hall–Kier alpha value is -0.0301. The maximum absolute atomic E-state index is 6.60. The zero-order chi connectivity index (χ0) is 18.3. The first-order valence-electron chi connectivity index (χ1n) is 10.7. The zero-order valence-electron chi connectivity index (χ0n) is 17.1. The topological polar surface area (TPSA) is 36.9 Å². The molecule has 0 aromatic heterocycles. The SMILES string of the molecule is CC1(C)C2CC3OB(B4OC5CC6CC(C6(C)C)[C@]5(C)O4)O[C@@]3(C)C1C2. The zero-order valence-corrected chi connectivity index (χ0v) is 17.1. The van der Waals surface area contributed by atoms with Crippen molar-refractivity contribution in [2.45, 2.75) is 90.6 Å². The van der Waals surface area contributed by atoms with Gasteiger partial charge in [0, 0.05) is 0 Å². The van der Waals surface area contributed by atoms with Crippen LogP contribution < -0.4 is 0 Å². The van der Waals surface area contributed by atoms with Crippen LogP contribution in [0.2, 0.25) is 0 Å². The third-order valence-corrected chi connectivity index (χ3v) is 10.2. The number of hydrogen-bond acceptors (Lipinski definition) is 4.